The third-order valence-electron chi connectivity index (χ3n) is 7.24. The van der Waals surface area contributed by atoms with Gasteiger partial charge in [0.05, 0.1) is 66.4 Å². The maximum atomic E-state index is 13.0. The Kier molecular flexibility index (Phi) is 8.90. The highest BCUT2D eigenvalue weighted by molar-refractivity contribution is 7.92. The lowest BCUT2D eigenvalue weighted by molar-refractivity contribution is -0.00545. The zero-order valence-electron chi connectivity index (χ0n) is 24.7. The van der Waals surface area contributed by atoms with E-state index in [4.69, 9.17) is 14.7 Å². The fourth-order valence-corrected chi connectivity index (χ4v) is 6.22. The van der Waals surface area contributed by atoms with E-state index in [2.05, 4.69) is 29.0 Å². The van der Waals surface area contributed by atoms with Crippen LogP contribution in [0, 0.1) is 6.92 Å². The molecule has 1 amide bonds. The Morgan fingerprint density at radius 3 is 2.53 bits per heavy atom. The second-order valence-electron chi connectivity index (χ2n) is 10.9. The zero-order valence-corrected chi connectivity index (χ0v) is 25.5. The smallest absolute Gasteiger partial charge is 0.251 e. The van der Waals surface area contributed by atoms with Gasteiger partial charge in [0.15, 0.2) is 0 Å². The summed E-state index contributed by atoms with van der Waals surface area (Å²) in [4.78, 5) is 29.5. The highest BCUT2D eigenvalue weighted by Crippen LogP contribution is 2.26. The van der Waals surface area contributed by atoms with Crippen molar-refractivity contribution in [1.29, 1.82) is 0 Å². The largest absolute Gasteiger partial charge is 0.394 e. The summed E-state index contributed by atoms with van der Waals surface area (Å²) in [6, 6.07) is 16.5. The number of nitrogens with one attached hydrogen (secondary N) is 1. The number of nitrogens with zero attached hydrogens (tertiary/aromatic N) is 5. The Morgan fingerprint density at radius 2 is 1.81 bits per heavy atom. The molecule has 12 heteroatoms. The van der Waals surface area contributed by atoms with Gasteiger partial charge in [-0.3, -0.25) is 14.1 Å². The van der Waals surface area contributed by atoms with Crippen molar-refractivity contribution in [3.8, 4) is 11.4 Å². The third-order valence-corrected chi connectivity index (χ3v) is 8.42. The summed E-state index contributed by atoms with van der Waals surface area (Å²) in [5, 5.41) is 13.1. The summed E-state index contributed by atoms with van der Waals surface area (Å²) >= 11 is 0. The van der Waals surface area contributed by atoms with Gasteiger partial charge in [0, 0.05) is 30.2 Å². The van der Waals surface area contributed by atoms with Gasteiger partial charge in [-0.25, -0.2) is 18.4 Å². The number of rotatable bonds is 9. The van der Waals surface area contributed by atoms with Crippen molar-refractivity contribution in [2.45, 2.75) is 39.5 Å². The minimum Gasteiger partial charge on any atom is -0.394 e. The quantitative estimate of drug-likeness (QED) is 0.295. The monoisotopic (exact) mass is 604 g/mol. The van der Waals surface area contributed by atoms with Gasteiger partial charge in [-0.2, -0.15) is 0 Å². The Balaban J connectivity index is 1.33. The van der Waals surface area contributed by atoms with Crippen molar-refractivity contribution in [3.05, 3.63) is 77.6 Å². The molecule has 4 aromatic rings. The Labute approximate surface area is 251 Å². The molecule has 0 aliphatic carbocycles. The molecule has 4 heterocycles. The first-order chi connectivity index (χ1) is 20.5. The second kappa shape index (κ2) is 12.6. The minimum absolute atomic E-state index is 0.105. The number of benzene rings is 1. The number of aliphatic hydroxyl groups excluding tert-OH is 1. The van der Waals surface area contributed by atoms with Crippen LogP contribution >= 0.6 is 0 Å². The highest BCUT2D eigenvalue weighted by atomic mass is 32.2. The van der Waals surface area contributed by atoms with Crippen LogP contribution in [0.2, 0.25) is 0 Å². The van der Waals surface area contributed by atoms with Crippen molar-refractivity contribution in [3.63, 3.8) is 0 Å². The molecule has 1 aliphatic heterocycles. The Morgan fingerprint density at radius 1 is 1.07 bits per heavy atom. The van der Waals surface area contributed by atoms with E-state index in [0.29, 0.717) is 22.5 Å². The number of hydrogen-bond acceptors (Lipinski definition) is 9. The summed E-state index contributed by atoms with van der Waals surface area (Å²) in [5.41, 5.74) is 4.15. The van der Waals surface area contributed by atoms with Crippen LogP contribution < -0.4 is 14.5 Å². The standard InChI is InChI=1S/C31H36N6O5S/c1-20-8-9-23(14-29(20)37(12-13-38)43(4,40)41)31(39)33-17-25-15-28-24(16-32-25)10-11-27(34-28)26-6-5-7-30(35-26)36-18-21(2)42-22(3)19-36/h5-11,14-16,21-22,38H,12-13,17-19H2,1-4H3,(H,33,39)/t21-,22+. The first-order valence-corrected chi connectivity index (χ1v) is 16.0. The number of sulfonamides is 1. The molecule has 2 atom stereocenters. The van der Waals surface area contributed by atoms with Crippen LogP contribution in [0.3, 0.4) is 0 Å². The number of aryl methyl sites for hydroxylation is 1. The van der Waals surface area contributed by atoms with E-state index in [-0.39, 0.29) is 37.8 Å². The van der Waals surface area contributed by atoms with Crippen LogP contribution in [0.15, 0.2) is 60.8 Å². The summed E-state index contributed by atoms with van der Waals surface area (Å²) in [6.07, 6.45) is 3.04. The van der Waals surface area contributed by atoms with Crippen LogP contribution in [-0.4, -0.2) is 79.1 Å². The van der Waals surface area contributed by atoms with Crippen LogP contribution in [0.25, 0.3) is 22.3 Å². The van der Waals surface area contributed by atoms with Gasteiger partial charge in [0.2, 0.25) is 10.0 Å². The van der Waals surface area contributed by atoms with Crippen molar-refractivity contribution >= 4 is 38.3 Å². The molecule has 1 fully saturated rings. The average molecular weight is 605 g/mol. The molecule has 0 saturated carbocycles. The molecule has 0 bridgehead atoms. The highest BCUT2D eigenvalue weighted by Gasteiger charge is 2.24. The van der Waals surface area contributed by atoms with E-state index in [1.807, 2.05) is 36.4 Å². The number of pyridine rings is 3. The molecule has 11 nitrogen and oxygen atoms in total. The molecular formula is C31H36N6O5S. The summed E-state index contributed by atoms with van der Waals surface area (Å²) in [6.45, 7) is 7.13. The predicted molar refractivity (Wildman–Crippen MR) is 167 cm³/mol. The maximum absolute atomic E-state index is 13.0. The van der Waals surface area contributed by atoms with Gasteiger partial charge in [-0.15, -0.1) is 0 Å². The molecular weight excluding hydrogens is 568 g/mol. The van der Waals surface area contributed by atoms with Gasteiger partial charge in [0.1, 0.15) is 5.82 Å². The number of carbonyl (C=O) groups is 1. The number of hydrogen-bond donors (Lipinski definition) is 2. The fourth-order valence-electron chi connectivity index (χ4n) is 5.25. The van der Waals surface area contributed by atoms with E-state index in [9.17, 15) is 18.3 Å². The van der Waals surface area contributed by atoms with Crippen molar-refractivity contribution in [2.24, 2.45) is 0 Å². The average Bonchev–Trinajstić information content (AvgIpc) is 2.97. The molecule has 0 spiro atoms. The number of carbonyl (C=O) groups excluding carboxylic acids is 1. The van der Waals surface area contributed by atoms with Crippen LogP contribution in [0.5, 0.6) is 0 Å². The SMILES string of the molecule is Cc1ccc(C(=O)NCc2cc3nc(-c4cccc(N5C[C@@H](C)O[C@@H](C)C5)n4)ccc3cn2)cc1N(CCO)S(C)(=O)=O. The maximum Gasteiger partial charge on any atom is 0.251 e. The van der Waals surface area contributed by atoms with Gasteiger partial charge >= 0.3 is 0 Å². The lowest BCUT2D eigenvalue weighted by Gasteiger charge is -2.36. The summed E-state index contributed by atoms with van der Waals surface area (Å²) < 4.78 is 31.5. The fraction of sp³-hybridized carbons (Fsp3) is 0.355. The van der Waals surface area contributed by atoms with Crippen LogP contribution in [0.4, 0.5) is 11.5 Å². The van der Waals surface area contributed by atoms with Crippen molar-refractivity contribution in [1.82, 2.24) is 20.3 Å². The summed E-state index contributed by atoms with van der Waals surface area (Å²) in [7, 11) is -3.64. The molecule has 43 heavy (non-hydrogen) atoms. The van der Waals surface area contributed by atoms with E-state index in [1.54, 1.807) is 25.3 Å². The van der Waals surface area contributed by atoms with Gasteiger partial charge in [-0.05, 0) is 68.8 Å². The lowest BCUT2D eigenvalue weighted by Crippen LogP contribution is -2.45. The Hall–Kier alpha value is -4.13. The molecule has 0 radical (unpaired) electrons. The molecule has 0 unspecified atom stereocenters. The molecule has 3 aromatic heterocycles. The normalized spacial score (nSPS) is 17.2. The third kappa shape index (κ3) is 7.10. The van der Waals surface area contributed by atoms with Gasteiger partial charge in [0.25, 0.3) is 5.91 Å². The predicted octanol–water partition coefficient (Wildman–Crippen LogP) is 3.30. The van der Waals surface area contributed by atoms with Crippen LogP contribution in [0.1, 0.15) is 35.5 Å². The van der Waals surface area contributed by atoms with E-state index in [1.165, 1.54) is 6.07 Å². The minimum atomic E-state index is -3.64. The molecule has 5 rings (SSSR count). The number of ether oxygens (including phenoxy) is 1. The molecule has 226 valence electrons. The molecule has 1 saturated heterocycles. The van der Waals surface area contributed by atoms with Crippen molar-refractivity contribution in [2.75, 3.05) is 41.7 Å². The number of morpholine rings is 1. The zero-order chi connectivity index (χ0) is 30.7. The first-order valence-electron chi connectivity index (χ1n) is 14.1. The second-order valence-corrected chi connectivity index (χ2v) is 12.8. The summed E-state index contributed by atoms with van der Waals surface area (Å²) in [5.74, 6) is 0.505. The van der Waals surface area contributed by atoms with Crippen LogP contribution in [-0.2, 0) is 21.3 Å². The lowest BCUT2D eigenvalue weighted by atomic mass is 10.1. The van der Waals surface area contributed by atoms with E-state index < -0.39 is 10.0 Å². The van der Waals surface area contributed by atoms with E-state index in [0.717, 1.165) is 51.8 Å². The van der Waals surface area contributed by atoms with E-state index >= 15 is 0 Å². The molecule has 1 aromatic carbocycles. The topological polar surface area (TPSA) is 138 Å². The molecule has 2 N–H and O–H groups in total. The van der Waals surface area contributed by atoms with Crippen molar-refractivity contribution < 1.29 is 23.1 Å². The molecule has 1 aliphatic rings. The van der Waals surface area contributed by atoms with Gasteiger partial charge < -0.3 is 20.1 Å². The number of fused-ring (bicyclic) bond motifs is 1. The number of amides is 1. The number of anilines is 2. The number of aliphatic hydroxyl groups is 1. The Bertz CT molecular complexity index is 1740. The van der Waals surface area contributed by atoms with Gasteiger partial charge in [-0.1, -0.05) is 12.1 Å². The first kappa shape index (κ1) is 30.3. The number of aromatic nitrogens is 3.